The molecule has 0 unspecified atom stereocenters. The minimum Gasteiger partial charge on any atom is -0.462 e. The van der Waals surface area contributed by atoms with E-state index in [4.69, 9.17) is 25.8 Å². The third kappa shape index (κ3) is 4.33. The van der Waals surface area contributed by atoms with Crippen molar-refractivity contribution in [1.29, 1.82) is 0 Å². The van der Waals surface area contributed by atoms with Crippen LogP contribution in [0.25, 0.3) is 17.1 Å². The lowest BCUT2D eigenvalue weighted by Crippen LogP contribution is -2.12. The molecule has 9 heteroatoms. The highest BCUT2D eigenvalue weighted by Gasteiger charge is 2.19. The van der Waals surface area contributed by atoms with Crippen LogP contribution in [0.3, 0.4) is 0 Å². The van der Waals surface area contributed by atoms with Gasteiger partial charge in [-0.25, -0.2) is 4.68 Å². The molecule has 0 radical (unpaired) electrons. The molecule has 8 nitrogen and oxygen atoms in total. The zero-order valence-corrected chi connectivity index (χ0v) is 17.3. The molecule has 2 heterocycles. The molecule has 156 valence electrons. The van der Waals surface area contributed by atoms with Gasteiger partial charge in [0.05, 0.1) is 12.3 Å². The van der Waals surface area contributed by atoms with Gasteiger partial charge in [-0.05, 0) is 48.4 Å². The maximum Gasteiger partial charge on any atom is 0.336 e. The Hall–Kier alpha value is -3.26. The minimum atomic E-state index is -0.268. The number of aromatic nitrogens is 3. The molecule has 4 rings (SSSR count). The molecule has 0 aliphatic carbocycles. The number of fused-ring (bicyclic) bond motifs is 1. The van der Waals surface area contributed by atoms with Crippen LogP contribution in [-0.2, 0) is 4.79 Å². The summed E-state index contributed by atoms with van der Waals surface area (Å²) < 4.78 is 18.3. The second-order valence-electron chi connectivity index (χ2n) is 7.13. The molecular formula is C21H21ClN4O4. The highest BCUT2D eigenvalue weighted by Crippen LogP contribution is 2.36. The molecule has 1 aliphatic heterocycles. The first-order valence-electron chi connectivity index (χ1n) is 9.49. The Kier molecular flexibility index (Phi) is 5.76. The van der Waals surface area contributed by atoms with Gasteiger partial charge in [-0.3, -0.25) is 4.79 Å². The summed E-state index contributed by atoms with van der Waals surface area (Å²) in [4.78, 5) is 16.1. The molecule has 0 atom stereocenters. The van der Waals surface area contributed by atoms with Gasteiger partial charge in [-0.1, -0.05) is 13.8 Å². The van der Waals surface area contributed by atoms with E-state index in [-0.39, 0.29) is 24.6 Å². The Bertz CT molecular complexity index is 1050. The topological polar surface area (TPSA) is 87.5 Å². The van der Waals surface area contributed by atoms with E-state index in [2.05, 4.69) is 29.2 Å². The number of benzene rings is 2. The van der Waals surface area contributed by atoms with E-state index in [1.165, 1.54) is 0 Å². The summed E-state index contributed by atoms with van der Waals surface area (Å²) in [6.07, 6.45) is 0. The number of anilines is 1. The van der Waals surface area contributed by atoms with E-state index in [9.17, 15) is 4.79 Å². The van der Waals surface area contributed by atoms with Crippen molar-refractivity contribution >= 4 is 23.2 Å². The molecule has 2 aromatic carbocycles. The summed E-state index contributed by atoms with van der Waals surface area (Å²) in [7, 11) is 0. The van der Waals surface area contributed by atoms with Crippen molar-refractivity contribution in [2.24, 2.45) is 5.92 Å². The summed E-state index contributed by atoms with van der Waals surface area (Å²) in [5, 5.41) is 7.24. The maximum absolute atomic E-state index is 11.5. The number of alkyl halides is 1. The summed E-state index contributed by atoms with van der Waals surface area (Å²) in [5.41, 5.74) is 2.22. The Morgan fingerprint density at radius 3 is 2.70 bits per heavy atom. The van der Waals surface area contributed by atoms with Crippen molar-refractivity contribution in [3.63, 3.8) is 0 Å². The van der Waals surface area contributed by atoms with E-state index < -0.39 is 0 Å². The molecule has 0 spiro atoms. The van der Waals surface area contributed by atoms with Crippen LogP contribution < -0.4 is 19.5 Å². The van der Waals surface area contributed by atoms with Crippen LogP contribution in [0.2, 0.25) is 0 Å². The standard InChI is InChI=1S/C21H21ClN4O4/c1-13(2)11-28-21-24-20(14-3-8-17-18(9-14)30-12-29-17)26(25-21)16-6-4-15(5-7-16)23-19(27)10-22/h3-9,13H,10-12H2,1-2H3,(H,23,27). The molecule has 0 saturated carbocycles. The summed E-state index contributed by atoms with van der Waals surface area (Å²) in [6, 6.07) is 13.1. The molecule has 0 saturated heterocycles. The average molecular weight is 429 g/mol. The lowest BCUT2D eigenvalue weighted by Gasteiger charge is -2.08. The number of amides is 1. The fourth-order valence-corrected chi connectivity index (χ4v) is 2.95. The lowest BCUT2D eigenvalue weighted by atomic mass is 10.2. The van der Waals surface area contributed by atoms with Gasteiger partial charge in [0.25, 0.3) is 0 Å². The van der Waals surface area contributed by atoms with Gasteiger partial charge < -0.3 is 19.5 Å². The molecule has 0 bridgehead atoms. The van der Waals surface area contributed by atoms with E-state index in [1.54, 1.807) is 16.8 Å². The third-order valence-electron chi connectivity index (χ3n) is 4.28. The average Bonchev–Trinajstić information content (AvgIpc) is 3.39. The Labute approximate surface area is 178 Å². The van der Waals surface area contributed by atoms with Crippen molar-refractivity contribution in [1.82, 2.24) is 14.8 Å². The zero-order chi connectivity index (χ0) is 21.1. The van der Waals surface area contributed by atoms with Crippen LogP contribution in [0.5, 0.6) is 17.5 Å². The highest BCUT2D eigenvalue weighted by molar-refractivity contribution is 6.29. The first kappa shape index (κ1) is 20.0. The van der Waals surface area contributed by atoms with Gasteiger partial charge in [-0.2, -0.15) is 4.98 Å². The first-order valence-corrected chi connectivity index (χ1v) is 10.0. The van der Waals surface area contributed by atoms with Gasteiger partial charge in [0.15, 0.2) is 17.3 Å². The fourth-order valence-electron chi connectivity index (χ4n) is 2.88. The molecule has 0 fully saturated rings. The van der Waals surface area contributed by atoms with Crippen LogP contribution in [0.15, 0.2) is 42.5 Å². The number of nitrogens with zero attached hydrogens (tertiary/aromatic N) is 3. The van der Waals surface area contributed by atoms with Gasteiger partial charge in [0.1, 0.15) is 5.88 Å². The molecule has 1 aromatic heterocycles. The zero-order valence-electron chi connectivity index (χ0n) is 16.6. The van der Waals surface area contributed by atoms with Gasteiger partial charge in [0, 0.05) is 11.3 Å². The first-order chi connectivity index (χ1) is 14.5. The summed E-state index contributed by atoms with van der Waals surface area (Å²) in [6.45, 7) is 4.82. The molecule has 30 heavy (non-hydrogen) atoms. The maximum atomic E-state index is 11.5. The smallest absolute Gasteiger partial charge is 0.336 e. The molecular weight excluding hydrogens is 408 g/mol. The van der Waals surface area contributed by atoms with Gasteiger partial charge >= 0.3 is 6.01 Å². The SMILES string of the molecule is CC(C)COc1nc(-c2ccc3c(c2)OCO3)n(-c2ccc(NC(=O)CCl)cc2)n1. The van der Waals surface area contributed by atoms with E-state index in [0.29, 0.717) is 35.5 Å². The van der Waals surface area contributed by atoms with Crippen LogP contribution in [-0.4, -0.2) is 40.0 Å². The predicted molar refractivity (Wildman–Crippen MR) is 113 cm³/mol. The van der Waals surface area contributed by atoms with E-state index >= 15 is 0 Å². The van der Waals surface area contributed by atoms with Crippen LogP contribution in [0, 0.1) is 5.92 Å². The number of nitrogens with one attached hydrogen (secondary N) is 1. The van der Waals surface area contributed by atoms with Crippen molar-refractivity contribution < 1.29 is 19.0 Å². The second kappa shape index (κ2) is 8.62. The van der Waals surface area contributed by atoms with Crippen LogP contribution in [0.4, 0.5) is 5.69 Å². The molecule has 3 aromatic rings. The van der Waals surface area contributed by atoms with Gasteiger partial charge in [-0.15, -0.1) is 16.7 Å². The van der Waals surface area contributed by atoms with E-state index in [1.807, 2.05) is 30.3 Å². The predicted octanol–water partition coefficient (Wildman–Crippen LogP) is 3.88. The van der Waals surface area contributed by atoms with E-state index in [0.717, 1.165) is 11.3 Å². The largest absolute Gasteiger partial charge is 0.462 e. The van der Waals surface area contributed by atoms with Crippen LogP contribution >= 0.6 is 11.6 Å². The van der Waals surface area contributed by atoms with Gasteiger partial charge in [0.2, 0.25) is 12.7 Å². The summed E-state index contributed by atoms with van der Waals surface area (Å²) >= 11 is 5.55. The van der Waals surface area contributed by atoms with Crippen molar-refractivity contribution in [3.8, 4) is 34.6 Å². The molecule has 1 N–H and O–H groups in total. The number of halogens is 1. The Morgan fingerprint density at radius 1 is 1.20 bits per heavy atom. The number of carbonyl (C=O) groups is 1. The highest BCUT2D eigenvalue weighted by atomic mass is 35.5. The monoisotopic (exact) mass is 428 g/mol. The number of ether oxygens (including phenoxy) is 3. The van der Waals surface area contributed by atoms with Crippen molar-refractivity contribution in [3.05, 3.63) is 42.5 Å². The van der Waals surface area contributed by atoms with Crippen LogP contribution in [0.1, 0.15) is 13.8 Å². The third-order valence-corrected chi connectivity index (χ3v) is 4.52. The number of rotatable bonds is 7. The van der Waals surface area contributed by atoms with Crippen molar-refractivity contribution in [2.75, 3.05) is 24.6 Å². The Balaban J connectivity index is 1.69. The number of carbonyl (C=O) groups excluding carboxylic acids is 1. The second-order valence-corrected chi connectivity index (χ2v) is 7.40. The molecule has 1 amide bonds. The van der Waals surface area contributed by atoms with Crippen molar-refractivity contribution in [2.45, 2.75) is 13.8 Å². The minimum absolute atomic E-state index is 0.102. The summed E-state index contributed by atoms with van der Waals surface area (Å²) in [5.74, 6) is 1.93. The normalized spacial score (nSPS) is 12.3. The lowest BCUT2D eigenvalue weighted by molar-refractivity contribution is -0.113. The Morgan fingerprint density at radius 2 is 1.97 bits per heavy atom. The molecule has 1 aliphatic rings. The fraction of sp³-hybridized carbons (Fsp3) is 0.286. The number of hydrogen-bond donors (Lipinski definition) is 1. The quantitative estimate of drug-likeness (QED) is 0.575. The number of hydrogen-bond acceptors (Lipinski definition) is 6.